The van der Waals surface area contributed by atoms with Crippen molar-refractivity contribution in [3.63, 3.8) is 0 Å². The SMILES string of the molecule is CCCC/C(=C\c1ccccc1)C(C)=O. The average molecular weight is 202 g/mol. The number of ketones is 1. The van der Waals surface area contributed by atoms with Gasteiger partial charge in [0, 0.05) is 0 Å². The first-order valence-corrected chi connectivity index (χ1v) is 5.50. The second kappa shape index (κ2) is 6.18. The molecule has 0 fully saturated rings. The van der Waals surface area contributed by atoms with Crippen LogP contribution in [-0.4, -0.2) is 5.78 Å². The quantitative estimate of drug-likeness (QED) is 0.663. The molecular formula is C14H18O. The van der Waals surface area contributed by atoms with Gasteiger partial charge in [0.1, 0.15) is 0 Å². The second-order valence-electron chi connectivity index (χ2n) is 3.74. The van der Waals surface area contributed by atoms with E-state index in [2.05, 4.69) is 6.92 Å². The van der Waals surface area contributed by atoms with E-state index in [1.807, 2.05) is 36.4 Å². The molecule has 0 unspecified atom stereocenters. The van der Waals surface area contributed by atoms with Crippen LogP contribution in [0.5, 0.6) is 0 Å². The number of carbonyl (C=O) groups is 1. The van der Waals surface area contributed by atoms with Crippen molar-refractivity contribution in [2.24, 2.45) is 0 Å². The lowest BCUT2D eigenvalue weighted by atomic mass is 10.0. The van der Waals surface area contributed by atoms with E-state index in [1.165, 1.54) is 0 Å². The van der Waals surface area contributed by atoms with Crippen LogP contribution in [-0.2, 0) is 4.79 Å². The lowest BCUT2D eigenvalue weighted by molar-refractivity contribution is -0.113. The number of Topliss-reactive ketones (excluding diaryl/α,β-unsaturated/α-hetero) is 1. The summed E-state index contributed by atoms with van der Waals surface area (Å²) < 4.78 is 0. The molecule has 15 heavy (non-hydrogen) atoms. The molecule has 0 aliphatic rings. The molecule has 0 saturated carbocycles. The molecule has 0 aliphatic heterocycles. The molecule has 0 N–H and O–H groups in total. The zero-order chi connectivity index (χ0) is 11.1. The van der Waals surface area contributed by atoms with Crippen LogP contribution in [0.2, 0.25) is 0 Å². The number of carbonyl (C=O) groups excluding carboxylic acids is 1. The Labute approximate surface area is 91.8 Å². The minimum atomic E-state index is 0.187. The summed E-state index contributed by atoms with van der Waals surface area (Å²) in [5.74, 6) is 0.187. The zero-order valence-electron chi connectivity index (χ0n) is 9.49. The normalized spacial score (nSPS) is 11.5. The van der Waals surface area contributed by atoms with Gasteiger partial charge in [-0.1, -0.05) is 43.7 Å². The van der Waals surface area contributed by atoms with Crippen molar-refractivity contribution in [1.29, 1.82) is 0 Å². The van der Waals surface area contributed by atoms with E-state index in [1.54, 1.807) is 6.92 Å². The van der Waals surface area contributed by atoms with Gasteiger partial charge in [0.25, 0.3) is 0 Å². The molecule has 0 atom stereocenters. The van der Waals surface area contributed by atoms with Crippen LogP contribution < -0.4 is 0 Å². The van der Waals surface area contributed by atoms with Crippen LogP contribution in [0.3, 0.4) is 0 Å². The lowest BCUT2D eigenvalue weighted by Gasteiger charge is -2.02. The van der Waals surface area contributed by atoms with E-state index < -0.39 is 0 Å². The third kappa shape index (κ3) is 4.11. The molecule has 1 rings (SSSR count). The van der Waals surface area contributed by atoms with Crippen molar-refractivity contribution < 1.29 is 4.79 Å². The Hall–Kier alpha value is -1.37. The summed E-state index contributed by atoms with van der Waals surface area (Å²) in [5, 5.41) is 0. The highest BCUT2D eigenvalue weighted by molar-refractivity contribution is 5.97. The Bertz CT molecular complexity index is 336. The van der Waals surface area contributed by atoms with Gasteiger partial charge in [-0.2, -0.15) is 0 Å². The van der Waals surface area contributed by atoms with Gasteiger partial charge in [0.05, 0.1) is 0 Å². The van der Waals surface area contributed by atoms with Crippen LogP contribution >= 0.6 is 0 Å². The molecule has 0 saturated heterocycles. The van der Waals surface area contributed by atoms with E-state index in [9.17, 15) is 4.79 Å². The largest absolute Gasteiger partial charge is 0.295 e. The maximum atomic E-state index is 11.4. The molecular weight excluding hydrogens is 184 g/mol. The predicted molar refractivity (Wildman–Crippen MR) is 64.6 cm³/mol. The highest BCUT2D eigenvalue weighted by atomic mass is 16.1. The summed E-state index contributed by atoms with van der Waals surface area (Å²) in [7, 11) is 0. The Morgan fingerprint density at radius 2 is 1.93 bits per heavy atom. The molecule has 0 heterocycles. The van der Waals surface area contributed by atoms with Crippen molar-refractivity contribution in [3.8, 4) is 0 Å². The fraction of sp³-hybridized carbons (Fsp3) is 0.357. The molecule has 1 aromatic rings. The molecule has 0 spiro atoms. The number of unbranched alkanes of at least 4 members (excludes halogenated alkanes) is 1. The van der Waals surface area contributed by atoms with Gasteiger partial charge in [0.2, 0.25) is 0 Å². The first-order chi connectivity index (χ1) is 7.24. The fourth-order valence-corrected chi connectivity index (χ4v) is 1.47. The molecule has 0 radical (unpaired) electrons. The summed E-state index contributed by atoms with van der Waals surface area (Å²) >= 11 is 0. The molecule has 1 heteroatoms. The summed E-state index contributed by atoms with van der Waals surface area (Å²) in [6, 6.07) is 10.0. The second-order valence-corrected chi connectivity index (χ2v) is 3.74. The molecule has 1 aromatic carbocycles. The molecule has 80 valence electrons. The number of hydrogen-bond acceptors (Lipinski definition) is 1. The molecule has 0 bridgehead atoms. The number of hydrogen-bond donors (Lipinski definition) is 0. The maximum absolute atomic E-state index is 11.4. The van der Waals surface area contributed by atoms with Crippen LogP contribution in [0, 0.1) is 0 Å². The first-order valence-electron chi connectivity index (χ1n) is 5.50. The van der Waals surface area contributed by atoms with E-state index in [-0.39, 0.29) is 5.78 Å². The number of rotatable bonds is 5. The van der Waals surface area contributed by atoms with Crippen molar-refractivity contribution in [3.05, 3.63) is 41.5 Å². The van der Waals surface area contributed by atoms with Crippen LogP contribution in [0.25, 0.3) is 6.08 Å². The Morgan fingerprint density at radius 1 is 1.27 bits per heavy atom. The van der Waals surface area contributed by atoms with Crippen molar-refractivity contribution in [1.82, 2.24) is 0 Å². The van der Waals surface area contributed by atoms with E-state index in [0.717, 1.165) is 30.4 Å². The van der Waals surface area contributed by atoms with Gasteiger partial charge in [-0.25, -0.2) is 0 Å². The standard InChI is InChI=1S/C14H18O/c1-3-4-10-14(12(2)15)11-13-8-6-5-7-9-13/h5-9,11H,3-4,10H2,1-2H3/b14-11+. The molecule has 0 aliphatic carbocycles. The predicted octanol–water partition coefficient (Wildman–Crippen LogP) is 3.85. The van der Waals surface area contributed by atoms with Crippen molar-refractivity contribution in [2.45, 2.75) is 33.1 Å². The fourth-order valence-electron chi connectivity index (χ4n) is 1.47. The van der Waals surface area contributed by atoms with Gasteiger partial charge >= 0.3 is 0 Å². The molecule has 1 nitrogen and oxygen atoms in total. The summed E-state index contributed by atoms with van der Waals surface area (Å²) in [6.07, 6.45) is 5.09. The van der Waals surface area contributed by atoms with Gasteiger partial charge < -0.3 is 0 Å². The third-order valence-electron chi connectivity index (χ3n) is 2.39. The molecule has 0 aromatic heterocycles. The van der Waals surface area contributed by atoms with E-state index >= 15 is 0 Å². The van der Waals surface area contributed by atoms with Crippen LogP contribution in [0.4, 0.5) is 0 Å². The third-order valence-corrected chi connectivity index (χ3v) is 2.39. The smallest absolute Gasteiger partial charge is 0.155 e. The van der Waals surface area contributed by atoms with E-state index in [0.29, 0.717) is 0 Å². The van der Waals surface area contributed by atoms with Crippen LogP contribution in [0.1, 0.15) is 38.7 Å². The zero-order valence-corrected chi connectivity index (χ0v) is 9.49. The topological polar surface area (TPSA) is 17.1 Å². The highest BCUT2D eigenvalue weighted by Gasteiger charge is 2.02. The highest BCUT2D eigenvalue weighted by Crippen LogP contribution is 2.13. The van der Waals surface area contributed by atoms with E-state index in [4.69, 9.17) is 0 Å². The Morgan fingerprint density at radius 3 is 2.47 bits per heavy atom. The van der Waals surface area contributed by atoms with Gasteiger partial charge in [-0.05, 0) is 37.0 Å². The lowest BCUT2D eigenvalue weighted by Crippen LogP contribution is -1.96. The van der Waals surface area contributed by atoms with Crippen molar-refractivity contribution >= 4 is 11.9 Å². The average Bonchev–Trinajstić information content (AvgIpc) is 2.25. The molecule has 0 amide bonds. The van der Waals surface area contributed by atoms with Gasteiger partial charge in [-0.3, -0.25) is 4.79 Å². The van der Waals surface area contributed by atoms with Gasteiger partial charge in [0.15, 0.2) is 5.78 Å². The van der Waals surface area contributed by atoms with Crippen LogP contribution in [0.15, 0.2) is 35.9 Å². The summed E-state index contributed by atoms with van der Waals surface area (Å²) in [4.78, 5) is 11.4. The maximum Gasteiger partial charge on any atom is 0.155 e. The number of allylic oxidation sites excluding steroid dienone is 1. The first kappa shape index (κ1) is 11.7. The Balaban J connectivity index is 2.79. The summed E-state index contributed by atoms with van der Waals surface area (Å²) in [5.41, 5.74) is 2.04. The number of benzene rings is 1. The van der Waals surface area contributed by atoms with Gasteiger partial charge in [-0.15, -0.1) is 0 Å². The summed E-state index contributed by atoms with van der Waals surface area (Å²) in [6.45, 7) is 3.78. The minimum absolute atomic E-state index is 0.187. The van der Waals surface area contributed by atoms with Crippen molar-refractivity contribution in [2.75, 3.05) is 0 Å². The minimum Gasteiger partial charge on any atom is -0.295 e. The monoisotopic (exact) mass is 202 g/mol. The Kier molecular flexibility index (Phi) is 4.82.